The molecule has 1 N–H and O–H groups in total. The maximum Gasteiger partial charge on any atom is 0.152 e. The van der Waals surface area contributed by atoms with Crippen molar-refractivity contribution in [3.63, 3.8) is 0 Å². The minimum atomic E-state index is -0.668. The van der Waals surface area contributed by atoms with Crippen LogP contribution in [-0.4, -0.2) is 30.0 Å². The highest BCUT2D eigenvalue weighted by Crippen LogP contribution is 2.25. The molecule has 0 saturated heterocycles. The number of nitrogens with one attached hydrogen (secondary N) is 1. The van der Waals surface area contributed by atoms with Gasteiger partial charge >= 0.3 is 0 Å². The summed E-state index contributed by atoms with van der Waals surface area (Å²) in [5.74, 6) is -1.30. The van der Waals surface area contributed by atoms with E-state index in [4.69, 9.17) is 4.74 Å². The van der Waals surface area contributed by atoms with Crippen LogP contribution in [0, 0.1) is 11.6 Å². The highest BCUT2D eigenvalue weighted by Gasteiger charge is 2.12. The van der Waals surface area contributed by atoms with E-state index in [1.54, 1.807) is 19.4 Å². The summed E-state index contributed by atoms with van der Waals surface area (Å²) in [6, 6.07) is 3.81. The molecule has 0 amide bonds. The third-order valence-corrected chi connectivity index (χ3v) is 3.25. The monoisotopic (exact) mass is 345 g/mol. The largest absolute Gasteiger partial charge is 0.383 e. The van der Waals surface area contributed by atoms with Gasteiger partial charge in [0, 0.05) is 36.9 Å². The highest BCUT2D eigenvalue weighted by molar-refractivity contribution is 9.10. The minimum absolute atomic E-state index is 0.189. The average Bonchev–Trinajstić information content (AvgIpc) is 2.82. The smallest absolute Gasteiger partial charge is 0.152 e. The number of ether oxygens (including phenoxy) is 1. The standard InChI is InChI=1S/C13H14BrF2N3O/c1-20-5-3-17-8-10-2-4-19(18-10)13-11(14)6-9(15)7-12(13)16/h2,4,6-7,17H,3,5,8H2,1H3. The van der Waals surface area contributed by atoms with Crippen molar-refractivity contribution in [3.05, 3.63) is 46.2 Å². The van der Waals surface area contributed by atoms with Crippen molar-refractivity contribution in [2.75, 3.05) is 20.3 Å². The van der Waals surface area contributed by atoms with Gasteiger partial charge in [-0.15, -0.1) is 0 Å². The van der Waals surface area contributed by atoms with E-state index < -0.39 is 11.6 Å². The molecule has 0 saturated carbocycles. The molecular weight excluding hydrogens is 332 g/mol. The molecule has 1 aromatic heterocycles. The van der Waals surface area contributed by atoms with Crippen LogP contribution in [0.1, 0.15) is 5.69 Å². The van der Waals surface area contributed by atoms with Gasteiger partial charge in [-0.25, -0.2) is 13.5 Å². The fraction of sp³-hybridized carbons (Fsp3) is 0.308. The van der Waals surface area contributed by atoms with Crippen LogP contribution >= 0.6 is 15.9 Å². The van der Waals surface area contributed by atoms with E-state index in [1.807, 2.05) is 0 Å². The van der Waals surface area contributed by atoms with Gasteiger partial charge in [-0.1, -0.05) is 0 Å². The van der Waals surface area contributed by atoms with Gasteiger partial charge in [0.1, 0.15) is 11.5 Å². The molecule has 0 aliphatic rings. The number of aromatic nitrogens is 2. The Kier molecular flexibility index (Phi) is 5.22. The Bertz CT molecular complexity index is 566. The van der Waals surface area contributed by atoms with Crippen molar-refractivity contribution in [1.29, 1.82) is 0 Å². The molecule has 0 fully saturated rings. The van der Waals surface area contributed by atoms with Crippen LogP contribution < -0.4 is 5.32 Å². The van der Waals surface area contributed by atoms with Gasteiger partial charge in [-0.3, -0.25) is 0 Å². The number of halogens is 3. The van der Waals surface area contributed by atoms with Gasteiger partial charge in [-0.2, -0.15) is 5.10 Å². The van der Waals surface area contributed by atoms with Crippen LogP contribution in [0.4, 0.5) is 8.78 Å². The van der Waals surface area contributed by atoms with E-state index in [9.17, 15) is 8.78 Å². The normalized spacial score (nSPS) is 11.0. The summed E-state index contributed by atoms with van der Waals surface area (Å²) in [5, 5.41) is 7.39. The lowest BCUT2D eigenvalue weighted by molar-refractivity contribution is 0.199. The Morgan fingerprint density at radius 1 is 1.40 bits per heavy atom. The number of rotatable bonds is 6. The van der Waals surface area contributed by atoms with Crippen molar-refractivity contribution < 1.29 is 13.5 Å². The molecule has 0 bridgehead atoms. The Balaban J connectivity index is 2.13. The highest BCUT2D eigenvalue weighted by atomic mass is 79.9. The number of benzene rings is 1. The maximum absolute atomic E-state index is 13.8. The van der Waals surface area contributed by atoms with Gasteiger partial charge in [0.15, 0.2) is 5.82 Å². The lowest BCUT2D eigenvalue weighted by Crippen LogP contribution is -2.19. The molecule has 1 heterocycles. The van der Waals surface area contributed by atoms with Crippen LogP contribution in [-0.2, 0) is 11.3 Å². The lowest BCUT2D eigenvalue weighted by Gasteiger charge is -2.06. The molecule has 2 aromatic rings. The fourth-order valence-corrected chi connectivity index (χ4v) is 2.31. The first kappa shape index (κ1) is 15.1. The van der Waals surface area contributed by atoms with Crippen molar-refractivity contribution in [1.82, 2.24) is 15.1 Å². The average molecular weight is 346 g/mol. The number of nitrogens with zero attached hydrogens (tertiary/aromatic N) is 2. The molecule has 2 rings (SSSR count). The van der Waals surface area contributed by atoms with Crippen LogP contribution in [0.5, 0.6) is 0 Å². The topological polar surface area (TPSA) is 39.1 Å². The summed E-state index contributed by atoms with van der Waals surface area (Å²) in [4.78, 5) is 0. The maximum atomic E-state index is 13.8. The molecule has 108 valence electrons. The second kappa shape index (κ2) is 6.92. The quantitative estimate of drug-likeness (QED) is 0.818. The number of hydrogen-bond acceptors (Lipinski definition) is 3. The van der Waals surface area contributed by atoms with Crippen molar-refractivity contribution >= 4 is 15.9 Å². The van der Waals surface area contributed by atoms with Gasteiger partial charge in [0.25, 0.3) is 0 Å². The molecule has 0 spiro atoms. The summed E-state index contributed by atoms with van der Waals surface area (Å²) in [7, 11) is 1.63. The Morgan fingerprint density at radius 2 is 2.20 bits per heavy atom. The zero-order valence-corrected chi connectivity index (χ0v) is 12.5. The summed E-state index contributed by atoms with van der Waals surface area (Å²) in [6.07, 6.45) is 1.63. The molecule has 4 nitrogen and oxygen atoms in total. The van der Waals surface area contributed by atoms with Gasteiger partial charge in [0.2, 0.25) is 0 Å². The molecule has 20 heavy (non-hydrogen) atoms. The SMILES string of the molecule is COCCNCc1ccn(-c2c(F)cc(F)cc2Br)n1. The molecular formula is C13H14BrF2N3O. The van der Waals surface area contributed by atoms with Crippen LogP contribution in [0.3, 0.4) is 0 Å². The molecule has 0 aliphatic carbocycles. The Hall–Kier alpha value is -1.31. The molecule has 0 radical (unpaired) electrons. The second-order valence-corrected chi connectivity index (χ2v) is 4.99. The van der Waals surface area contributed by atoms with Crippen molar-refractivity contribution in [2.24, 2.45) is 0 Å². The van der Waals surface area contributed by atoms with Crippen LogP contribution in [0.25, 0.3) is 5.69 Å². The second-order valence-electron chi connectivity index (χ2n) is 4.14. The van der Waals surface area contributed by atoms with Gasteiger partial charge in [-0.05, 0) is 28.1 Å². The molecule has 7 heteroatoms. The minimum Gasteiger partial charge on any atom is -0.383 e. The molecule has 1 aromatic carbocycles. The zero-order chi connectivity index (χ0) is 14.5. The van der Waals surface area contributed by atoms with E-state index in [2.05, 4.69) is 26.3 Å². The Morgan fingerprint density at radius 3 is 2.90 bits per heavy atom. The predicted molar refractivity (Wildman–Crippen MR) is 74.8 cm³/mol. The lowest BCUT2D eigenvalue weighted by atomic mass is 10.3. The third-order valence-electron chi connectivity index (χ3n) is 2.64. The van der Waals surface area contributed by atoms with Gasteiger partial charge in [0.05, 0.1) is 12.3 Å². The summed E-state index contributed by atoms with van der Waals surface area (Å²) >= 11 is 3.14. The summed E-state index contributed by atoms with van der Waals surface area (Å²) in [5.41, 5.74) is 0.950. The number of hydrogen-bond donors (Lipinski definition) is 1. The van der Waals surface area contributed by atoms with Crippen molar-refractivity contribution in [2.45, 2.75) is 6.54 Å². The first-order valence-electron chi connectivity index (χ1n) is 6.01. The first-order chi connectivity index (χ1) is 9.61. The summed E-state index contributed by atoms with van der Waals surface area (Å²) in [6.45, 7) is 1.87. The van der Waals surface area contributed by atoms with E-state index >= 15 is 0 Å². The van der Waals surface area contributed by atoms with E-state index in [1.165, 1.54) is 10.7 Å². The Labute approximate surface area is 123 Å². The van der Waals surface area contributed by atoms with Gasteiger partial charge < -0.3 is 10.1 Å². The molecule has 0 aliphatic heterocycles. The summed E-state index contributed by atoms with van der Waals surface area (Å²) < 4.78 is 33.5. The fourth-order valence-electron chi connectivity index (χ4n) is 1.72. The van der Waals surface area contributed by atoms with E-state index in [0.29, 0.717) is 24.2 Å². The molecule has 0 unspecified atom stereocenters. The third kappa shape index (κ3) is 3.62. The zero-order valence-electron chi connectivity index (χ0n) is 10.9. The van der Waals surface area contributed by atoms with E-state index in [0.717, 1.165) is 11.8 Å². The first-order valence-corrected chi connectivity index (χ1v) is 6.80. The number of methoxy groups -OCH3 is 1. The van der Waals surface area contributed by atoms with Crippen LogP contribution in [0.15, 0.2) is 28.9 Å². The van der Waals surface area contributed by atoms with Crippen molar-refractivity contribution in [3.8, 4) is 5.69 Å². The molecule has 0 atom stereocenters. The van der Waals surface area contributed by atoms with E-state index in [-0.39, 0.29) is 5.69 Å². The predicted octanol–water partition coefficient (Wildman–Crippen LogP) is 2.65. The van der Waals surface area contributed by atoms with Crippen LogP contribution in [0.2, 0.25) is 0 Å².